The SMILES string of the molecule is COCC1(C(=O)NCC2(CCO)CCCC2)CCNCC1. The van der Waals surface area contributed by atoms with E-state index in [2.05, 4.69) is 10.6 Å². The first-order valence-electron chi connectivity index (χ1n) is 8.25. The molecule has 0 spiro atoms. The first-order chi connectivity index (χ1) is 10.2. The fourth-order valence-electron chi connectivity index (χ4n) is 3.95. The maximum atomic E-state index is 12.7. The number of hydrogen-bond donors (Lipinski definition) is 3. The summed E-state index contributed by atoms with van der Waals surface area (Å²) in [7, 11) is 1.67. The monoisotopic (exact) mass is 298 g/mol. The van der Waals surface area contributed by atoms with Crippen molar-refractivity contribution in [2.45, 2.75) is 44.9 Å². The molecule has 0 aromatic carbocycles. The van der Waals surface area contributed by atoms with Crippen molar-refractivity contribution in [1.82, 2.24) is 10.6 Å². The lowest BCUT2D eigenvalue weighted by Gasteiger charge is -2.37. The van der Waals surface area contributed by atoms with Gasteiger partial charge in [0.15, 0.2) is 0 Å². The first-order valence-corrected chi connectivity index (χ1v) is 8.25. The molecule has 0 aromatic rings. The average Bonchev–Trinajstić information content (AvgIpc) is 2.95. The van der Waals surface area contributed by atoms with Crippen molar-refractivity contribution in [2.75, 3.05) is 40.0 Å². The van der Waals surface area contributed by atoms with Gasteiger partial charge in [0.05, 0.1) is 12.0 Å². The van der Waals surface area contributed by atoms with E-state index in [-0.39, 0.29) is 23.3 Å². The van der Waals surface area contributed by atoms with Gasteiger partial charge in [-0.25, -0.2) is 0 Å². The number of piperidine rings is 1. The molecule has 1 aliphatic carbocycles. The lowest BCUT2D eigenvalue weighted by atomic mass is 9.77. The van der Waals surface area contributed by atoms with Crippen LogP contribution < -0.4 is 10.6 Å². The highest BCUT2D eigenvalue weighted by Gasteiger charge is 2.41. The summed E-state index contributed by atoms with van der Waals surface area (Å²) in [5, 5.41) is 15.8. The van der Waals surface area contributed by atoms with Gasteiger partial charge < -0.3 is 20.5 Å². The molecule has 2 fully saturated rings. The topological polar surface area (TPSA) is 70.6 Å². The minimum atomic E-state index is -0.376. The zero-order valence-electron chi connectivity index (χ0n) is 13.2. The van der Waals surface area contributed by atoms with E-state index >= 15 is 0 Å². The molecule has 2 rings (SSSR count). The molecule has 21 heavy (non-hydrogen) atoms. The van der Waals surface area contributed by atoms with Crippen LogP contribution in [0.3, 0.4) is 0 Å². The summed E-state index contributed by atoms with van der Waals surface area (Å²) < 4.78 is 5.32. The van der Waals surface area contributed by atoms with Gasteiger partial charge in [0.1, 0.15) is 0 Å². The van der Waals surface area contributed by atoms with E-state index in [4.69, 9.17) is 4.74 Å². The molecule has 122 valence electrons. The number of aliphatic hydroxyl groups excluding tert-OH is 1. The van der Waals surface area contributed by atoms with E-state index in [1.165, 1.54) is 12.8 Å². The third kappa shape index (κ3) is 3.96. The lowest BCUT2D eigenvalue weighted by molar-refractivity contribution is -0.136. The largest absolute Gasteiger partial charge is 0.396 e. The Labute approximate surface area is 127 Å². The average molecular weight is 298 g/mol. The van der Waals surface area contributed by atoms with Crippen LogP contribution in [0.1, 0.15) is 44.9 Å². The van der Waals surface area contributed by atoms with E-state index in [0.29, 0.717) is 13.2 Å². The van der Waals surface area contributed by atoms with Crippen molar-refractivity contribution in [2.24, 2.45) is 10.8 Å². The molecule has 1 saturated heterocycles. The molecule has 0 unspecified atom stereocenters. The molecule has 5 nitrogen and oxygen atoms in total. The van der Waals surface area contributed by atoms with Crippen LogP contribution in [0.15, 0.2) is 0 Å². The van der Waals surface area contributed by atoms with E-state index in [0.717, 1.165) is 45.2 Å². The summed E-state index contributed by atoms with van der Waals surface area (Å²) in [4.78, 5) is 12.7. The Balaban J connectivity index is 1.95. The third-order valence-electron chi connectivity index (χ3n) is 5.39. The summed E-state index contributed by atoms with van der Waals surface area (Å²) in [6.45, 7) is 3.15. The van der Waals surface area contributed by atoms with Gasteiger partial charge in [-0.05, 0) is 50.6 Å². The normalized spacial score (nSPS) is 23.9. The maximum Gasteiger partial charge on any atom is 0.228 e. The van der Waals surface area contributed by atoms with Crippen LogP contribution in [-0.2, 0) is 9.53 Å². The quantitative estimate of drug-likeness (QED) is 0.657. The zero-order valence-corrected chi connectivity index (χ0v) is 13.2. The summed E-state index contributed by atoms with van der Waals surface area (Å²) >= 11 is 0. The summed E-state index contributed by atoms with van der Waals surface area (Å²) in [5.41, 5.74) is -0.259. The number of ether oxygens (including phenoxy) is 1. The van der Waals surface area contributed by atoms with E-state index in [9.17, 15) is 9.90 Å². The van der Waals surface area contributed by atoms with Crippen LogP contribution in [0.4, 0.5) is 0 Å². The Morgan fingerprint density at radius 2 is 1.90 bits per heavy atom. The minimum Gasteiger partial charge on any atom is -0.396 e. The van der Waals surface area contributed by atoms with Crippen LogP contribution in [0, 0.1) is 10.8 Å². The molecule has 1 aliphatic heterocycles. The Morgan fingerprint density at radius 3 is 2.48 bits per heavy atom. The second-order valence-electron chi connectivity index (χ2n) is 6.83. The van der Waals surface area contributed by atoms with Gasteiger partial charge in [0, 0.05) is 20.3 Å². The molecule has 0 atom stereocenters. The van der Waals surface area contributed by atoms with Crippen molar-refractivity contribution in [3.8, 4) is 0 Å². The van der Waals surface area contributed by atoms with E-state index in [1.807, 2.05) is 0 Å². The smallest absolute Gasteiger partial charge is 0.228 e. The molecule has 1 amide bonds. The van der Waals surface area contributed by atoms with Gasteiger partial charge >= 0.3 is 0 Å². The molecule has 5 heteroatoms. The van der Waals surface area contributed by atoms with Crippen LogP contribution in [0.5, 0.6) is 0 Å². The van der Waals surface area contributed by atoms with Gasteiger partial charge in [-0.3, -0.25) is 4.79 Å². The Morgan fingerprint density at radius 1 is 1.24 bits per heavy atom. The highest BCUT2D eigenvalue weighted by Crippen LogP contribution is 2.40. The molecule has 1 heterocycles. The van der Waals surface area contributed by atoms with Gasteiger partial charge in [0.2, 0.25) is 5.91 Å². The molecule has 3 N–H and O–H groups in total. The second kappa shape index (κ2) is 7.56. The molecule has 0 radical (unpaired) electrons. The van der Waals surface area contributed by atoms with Crippen LogP contribution in [-0.4, -0.2) is 51.0 Å². The molecule has 0 aromatic heterocycles. The third-order valence-corrected chi connectivity index (χ3v) is 5.39. The van der Waals surface area contributed by atoms with E-state index < -0.39 is 0 Å². The second-order valence-corrected chi connectivity index (χ2v) is 6.83. The minimum absolute atomic E-state index is 0.117. The van der Waals surface area contributed by atoms with Gasteiger partial charge in [-0.1, -0.05) is 12.8 Å². The predicted molar refractivity (Wildman–Crippen MR) is 82.0 cm³/mol. The molecule has 0 bridgehead atoms. The number of carbonyl (C=O) groups is 1. The van der Waals surface area contributed by atoms with E-state index in [1.54, 1.807) is 7.11 Å². The van der Waals surface area contributed by atoms with Crippen LogP contribution >= 0.6 is 0 Å². The molecule has 1 saturated carbocycles. The van der Waals surface area contributed by atoms with Crippen molar-refractivity contribution < 1.29 is 14.6 Å². The van der Waals surface area contributed by atoms with Gasteiger partial charge in [-0.15, -0.1) is 0 Å². The first kappa shape index (κ1) is 16.7. The number of amides is 1. The Hall–Kier alpha value is -0.650. The summed E-state index contributed by atoms with van der Waals surface area (Å²) in [6, 6.07) is 0. The number of methoxy groups -OCH3 is 1. The predicted octanol–water partition coefficient (Wildman–Crippen LogP) is 1.06. The Bertz CT molecular complexity index is 329. The van der Waals surface area contributed by atoms with Crippen LogP contribution in [0.2, 0.25) is 0 Å². The fraction of sp³-hybridized carbons (Fsp3) is 0.938. The summed E-state index contributed by atoms with van der Waals surface area (Å²) in [6.07, 6.45) is 7.12. The molecular weight excluding hydrogens is 268 g/mol. The number of carbonyl (C=O) groups excluding carboxylic acids is 1. The standard InChI is InChI=1S/C16H30N2O3/c1-21-13-16(6-9-17-10-7-16)14(20)18-12-15(8-11-19)4-2-3-5-15/h17,19H,2-13H2,1H3,(H,18,20). The van der Waals surface area contributed by atoms with Crippen molar-refractivity contribution >= 4 is 5.91 Å². The Kier molecular flexibility index (Phi) is 6.02. The van der Waals surface area contributed by atoms with Crippen molar-refractivity contribution in [3.63, 3.8) is 0 Å². The van der Waals surface area contributed by atoms with Crippen molar-refractivity contribution in [1.29, 1.82) is 0 Å². The van der Waals surface area contributed by atoms with Gasteiger partial charge in [-0.2, -0.15) is 0 Å². The highest BCUT2D eigenvalue weighted by molar-refractivity contribution is 5.83. The number of nitrogens with one attached hydrogen (secondary N) is 2. The summed E-state index contributed by atoms with van der Waals surface area (Å²) in [5.74, 6) is 0.134. The maximum absolute atomic E-state index is 12.7. The lowest BCUT2D eigenvalue weighted by Crippen LogP contribution is -2.52. The van der Waals surface area contributed by atoms with Crippen molar-refractivity contribution in [3.05, 3.63) is 0 Å². The number of hydrogen-bond acceptors (Lipinski definition) is 4. The fourth-order valence-corrected chi connectivity index (χ4v) is 3.95. The molecular formula is C16H30N2O3. The van der Waals surface area contributed by atoms with Crippen LogP contribution in [0.25, 0.3) is 0 Å². The highest BCUT2D eigenvalue weighted by atomic mass is 16.5. The number of rotatable bonds is 7. The number of aliphatic hydroxyl groups is 1. The zero-order chi connectivity index (χ0) is 15.2. The van der Waals surface area contributed by atoms with Gasteiger partial charge in [0.25, 0.3) is 0 Å². The molecule has 2 aliphatic rings.